The fourth-order valence-corrected chi connectivity index (χ4v) is 2.89. The molecule has 1 amide bonds. The van der Waals surface area contributed by atoms with Crippen molar-refractivity contribution < 1.29 is 9.53 Å². The van der Waals surface area contributed by atoms with Gasteiger partial charge in [0.1, 0.15) is 5.82 Å². The first-order chi connectivity index (χ1) is 10.5. The third-order valence-corrected chi connectivity index (χ3v) is 4.20. The molecule has 2 heterocycles. The van der Waals surface area contributed by atoms with Crippen LogP contribution in [0.15, 0.2) is 12.3 Å². The van der Waals surface area contributed by atoms with Gasteiger partial charge in [0.2, 0.25) is 5.91 Å². The maximum absolute atomic E-state index is 12.2. The molecule has 22 heavy (non-hydrogen) atoms. The second-order valence-corrected chi connectivity index (χ2v) is 5.97. The Morgan fingerprint density at radius 1 is 1.41 bits per heavy atom. The smallest absolute Gasteiger partial charge is 0.225 e. The zero-order chi connectivity index (χ0) is 16.1. The number of hydrogen-bond donors (Lipinski definition) is 1. The summed E-state index contributed by atoms with van der Waals surface area (Å²) in [5.74, 6) is 0.766. The van der Waals surface area contributed by atoms with Crippen molar-refractivity contribution in [2.45, 2.75) is 12.5 Å². The summed E-state index contributed by atoms with van der Waals surface area (Å²) in [4.78, 5) is 20.3. The van der Waals surface area contributed by atoms with Crippen LogP contribution in [0.4, 0.5) is 5.82 Å². The third-order valence-electron chi connectivity index (χ3n) is 3.72. The monoisotopic (exact) mass is 346 g/mol. The molecule has 1 saturated heterocycles. The quantitative estimate of drug-likeness (QED) is 0.872. The van der Waals surface area contributed by atoms with E-state index >= 15 is 0 Å². The van der Waals surface area contributed by atoms with Gasteiger partial charge in [-0.05, 0) is 6.07 Å². The highest BCUT2D eigenvalue weighted by atomic mass is 35.5. The highest BCUT2D eigenvalue weighted by Gasteiger charge is 2.24. The minimum Gasteiger partial charge on any atom is -0.380 e. The van der Waals surface area contributed by atoms with Crippen molar-refractivity contribution in [1.29, 1.82) is 0 Å². The Bertz CT molecular complexity index is 518. The van der Waals surface area contributed by atoms with E-state index in [0.29, 0.717) is 55.0 Å². The molecule has 1 aromatic rings. The van der Waals surface area contributed by atoms with Crippen LogP contribution >= 0.6 is 23.2 Å². The molecule has 1 fully saturated rings. The van der Waals surface area contributed by atoms with Crippen molar-refractivity contribution in [2.24, 2.45) is 5.73 Å². The summed E-state index contributed by atoms with van der Waals surface area (Å²) >= 11 is 12.0. The molecule has 0 aromatic carbocycles. The van der Waals surface area contributed by atoms with Gasteiger partial charge in [-0.3, -0.25) is 4.79 Å². The summed E-state index contributed by atoms with van der Waals surface area (Å²) in [5.41, 5.74) is 5.55. The Hall–Kier alpha value is -1.08. The molecule has 0 radical (unpaired) electrons. The van der Waals surface area contributed by atoms with Gasteiger partial charge >= 0.3 is 0 Å². The van der Waals surface area contributed by atoms with Crippen LogP contribution in [0, 0.1) is 0 Å². The average Bonchev–Trinajstić information content (AvgIpc) is 2.52. The standard InChI is InChI=1S/C14H20Cl2N4O2/c1-22-11(8-17)7-13(21)19-2-4-20(5-3-19)14-12(16)6-10(15)9-18-14/h6,9,11H,2-5,7-8,17H2,1H3. The molecule has 8 heteroatoms. The molecular formula is C14H20Cl2N4O2. The second kappa shape index (κ2) is 7.97. The van der Waals surface area contributed by atoms with Crippen LogP contribution in [0.2, 0.25) is 10.0 Å². The van der Waals surface area contributed by atoms with E-state index in [1.165, 1.54) is 0 Å². The zero-order valence-corrected chi connectivity index (χ0v) is 14.0. The van der Waals surface area contributed by atoms with Gasteiger partial charge < -0.3 is 20.3 Å². The van der Waals surface area contributed by atoms with Crippen LogP contribution in [-0.4, -0.2) is 61.7 Å². The van der Waals surface area contributed by atoms with Gasteiger partial charge in [-0.1, -0.05) is 23.2 Å². The first-order valence-electron chi connectivity index (χ1n) is 7.11. The number of nitrogens with zero attached hydrogens (tertiary/aromatic N) is 3. The van der Waals surface area contributed by atoms with Crippen LogP contribution in [-0.2, 0) is 9.53 Å². The fraction of sp³-hybridized carbons (Fsp3) is 0.571. The lowest BCUT2D eigenvalue weighted by Gasteiger charge is -2.36. The largest absolute Gasteiger partial charge is 0.380 e. The predicted molar refractivity (Wildman–Crippen MR) is 87.5 cm³/mol. The molecule has 1 atom stereocenters. The molecule has 2 rings (SSSR count). The number of halogens is 2. The van der Waals surface area contributed by atoms with Crippen molar-refractivity contribution in [3.05, 3.63) is 22.3 Å². The van der Waals surface area contributed by atoms with Crippen LogP contribution in [0.1, 0.15) is 6.42 Å². The van der Waals surface area contributed by atoms with E-state index < -0.39 is 0 Å². The Kier molecular flexibility index (Phi) is 6.26. The molecule has 0 bridgehead atoms. The van der Waals surface area contributed by atoms with E-state index in [9.17, 15) is 4.79 Å². The molecule has 0 aliphatic carbocycles. The SMILES string of the molecule is COC(CN)CC(=O)N1CCN(c2ncc(Cl)cc2Cl)CC1. The number of nitrogens with two attached hydrogens (primary N) is 1. The summed E-state index contributed by atoms with van der Waals surface area (Å²) in [6, 6.07) is 1.67. The maximum Gasteiger partial charge on any atom is 0.225 e. The van der Waals surface area contributed by atoms with Gasteiger partial charge in [-0.2, -0.15) is 0 Å². The Morgan fingerprint density at radius 2 is 2.09 bits per heavy atom. The van der Waals surface area contributed by atoms with E-state index in [1.807, 2.05) is 4.90 Å². The van der Waals surface area contributed by atoms with Crippen molar-refractivity contribution in [3.8, 4) is 0 Å². The van der Waals surface area contributed by atoms with E-state index in [4.69, 9.17) is 33.7 Å². The molecule has 122 valence electrons. The number of amides is 1. The fourth-order valence-electron chi connectivity index (χ4n) is 2.39. The first-order valence-corrected chi connectivity index (χ1v) is 7.87. The summed E-state index contributed by atoms with van der Waals surface area (Å²) < 4.78 is 5.16. The third kappa shape index (κ3) is 4.23. The van der Waals surface area contributed by atoms with E-state index in [1.54, 1.807) is 19.4 Å². The molecule has 2 N–H and O–H groups in total. The highest BCUT2D eigenvalue weighted by molar-refractivity contribution is 6.36. The minimum atomic E-state index is -0.224. The lowest BCUT2D eigenvalue weighted by Crippen LogP contribution is -2.50. The number of anilines is 1. The topological polar surface area (TPSA) is 71.7 Å². The zero-order valence-electron chi connectivity index (χ0n) is 12.5. The van der Waals surface area contributed by atoms with Gasteiger partial charge in [0, 0.05) is 46.0 Å². The van der Waals surface area contributed by atoms with Crippen LogP contribution in [0.5, 0.6) is 0 Å². The van der Waals surface area contributed by atoms with Gasteiger partial charge in [-0.15, -0.1) is 0 Å². The maximum atomic E-state index is 12.2. The summed E-state index contributed by atoms with van der Waals surface area (Å²) in [6.45, 7) is 2.95. The van der Waals surface area contributed by atoms with E-state index in [-0.39, 0.29) is 12.0 Å². The lowest BCUT2D eigenvalue weighted by molar-refractivity contribution is -0.133. The van der Waals surface area contributed by atoms with Crippen LogP contribution in [0.25, 0.3) is 0 Å². The second-order valence-electron chi connectivity index (χ2n) is 5.12. The number of rotatable bonds is 5. The van der Waals surface area contributed by atoms with Crippen molar-refractivity contribution >= 4 is 34.9 Å². The summed E-state index contributed by atoms with van der Waals surface area (Å²) in [7, 11) is 1.57. The van der Waals surface area contributed by atoms with E-state index in [0.717, 1.165) is 0 Å². The lowest BCUT2D eigenvalue weighted by atomic mass is 10.2. The number of aromatic nitrogens is 1. The molecule has 0 spiro atoms. The number of pyridine rings is 1. The molecule has 1 aliphatic rings. The number of piperazine rings is 1. The minimum absolute atomic E-state index is 0.0621. The highest BCUT2D eigenvalue weighted by Crippen LogP contribution is 2.26. The van der Waals surface area contributed by atoms with E-state index in [2.05, 4.69) is 9.88 Å². The van der Waals surface area contributed by atoms with Gasteiger partial charge in [0.15, 0.2) is 0 Å². The Balaban J connectivity index is 1.91. The van der Waals surface area contributed by atoms with Gasteiger partial charge in [-0.25, -0.2) is 4.98 Å². The van der Waals surface area contributed by atoms with Crippen molar-refractivity contribution in [3.63, 3.8) is 0 Å². The first kappa shape index (κ1) is 17.3. The van der Waals surface area contributed by atoms with Crippen molar-refractivity contribution in [1.82, 2.24) is 9.88 Å². The van der Waals surface area contributed by atoms with Gasteiger partial charge in [0.05, 0.1) is 22.6 Å². The molecule has 1 aromatic heterocycles. The van der Waals surface area contributed by atoms with Gasteiger partial charge in [0.25, 0.3) is 0 Å². The Labute approximate surface area is 140 Å². The molecular weight excluding hydrogens is 327 g/mol. The average molecular weight is 347 g/mol. The van der Waals surface area contributed by atoms with Crippen LogP contribution < -0.4 is 10.6 Å². The normalized spacial score (nSPS) is 16.7. The predicted octanol–water partition coefficient (Wildman–Crippen LogP) is 1.40. The molecule has 1 aliphatic heterocycles. The molecule has 6 nitrogen and oxygen atoms in total. The number of hydrogen-bond acceptors (Lipinski definition) is 5. The number of methoxy groups -OCH3 is 1. The number of carbonyl (C=O) groups is 1. The molecule has 0 saturated carbocycles. The van der Waals surface area contributed by atoms with Crippen molar-refractivity contribution in [2.75, 3.05) is 44.7 Å². The number of carbonyl (C=O) groups excluding carboxylic acids is 1. The number of ether oxygens (including phenoxy) is 1. The Morgan fingerprint density at radius 3 is 2.64 bits per heavy atom. The van der Waals surface area contributed by atoms with Crippen LogP contribution in [0.3, 0.4) is 0 Å². The summed E-state index contributed by atoms with van der Waals surface area (Å²) in [6.07, 6.45) is 1.66. The molecule has 1 unspecified atom stereocenters. The summed E-state index contributed by atoms with van der Waals surface area (Å²) in [5, 5.41) is 1.03.